The van der Waals surface area contributed by atoms with Gasteiger partial charge in [-0.1, -0.05) is 86.6 Å². The average molecular weight is 445 g/mol. The lowest BCUT2D eigenvalue weighted by molar-refractivity contribution is -0.143. The van der Waals surface area contributed by atoms with Gasteiger partial charge in [-0.3, -0.25) is 9.59 Å². The number of nitrogens with one attached hydrogen (secondary N) is 1. The molecule has 33 heavy (non-hydrogen) atoms. The van der Waals surface area contributed by atoms with E-state index in [1.54, 1.807) is 12.0 Å². The highest BCUT2D eigenvalue weighted by atomic mass is 16.5. The lowest BCUT2D eigenvalue weighted by Crippen LogP contribution is -2.51. The van der Waals surface area contributed by atoms with Crippen LogP contribution in [0.15, 0.2) is 84.9 Å². The molecular weight excluding hydrogens is 412 g/mol. The minimum atomic E-state index is -0.624. The molecule has 0 saturated heterocycles. The summed E-state index contributed by atoms with van der Waals surface area (Å²) in [5, 5.41) is 3.04. The molecule has 5 heteroatoms. The van der Waals surface area contributed by atoms with E-state index in [1.807, 2.05) is 98.8 Å². The van der Waals surface area contributed by atoms with Gasteiger partial charge in [0.2, 0.25) is 11.8 Å². The van der Waals surface area contributed by atoms with Crippen molar-refractivity contribution in [3.05, 3.63) is 102 Å². The van der Waals surface area contributed by atoms with Crippen LogP contribution < -0.4 is 10.1 Å². The van der Waals surface area contributed by atoms with E-state index in [9.17, 15) is 9.59 Å². The minimum Gasteiger partial charge on any atom is -0.497 e. The second-order valence-electron chi connectivity index (χ2n) is 8.38. The summed E-state index contributed by atoms with van der Waals surface area (Å²) in [7, 11) is 1.62. The number of ether oxygens (including phenoxy) is 1. The van der Waals surface area contributed by atoms with E-state index in [-0.39, 0.29) is 17.7 Å². The molecular formula is C28H32N2O3. The summed E-state index contributed by atoms with van der Waals surface area (Å²) in [5.41, 5.74) is 2.97. The lowest BCUT2D eigenvalue weighted by atomic mass is 10.0. The van der Waals surface area contributed by atoms with Crippen LogP contribution in [0.4, 0.5) is 0 Å². The first-order valence-electron chi connectivity index (χ1n) is 11.3. The fourth-order valence-corrected chi connectivity index (χ4v) is 3.69. The normalized spacial score (nSPS) is 11.6. The van der Waals surface area contributed by atoms with Crippen molar-refractivity contribution in [2.24, 2.45) is 5.92 Å². The highest BCUT2D eigenvalue weighted by Gasteiger charge is 2.31. The Bertz CT molecular complexity index is 1020. The summed E-state index contributed by atoms with van der Waals surface area (Å²) in [4.78, 5) is 28.5. The van der Waals surface area contributed by atoms with Crippen LogP contribution in [0.3, 0.4) is 0 Å². The SMILES string of the molecule is COc1ccc(CNC(=O)C(Cc2ccccc2)N(Cc2ccccc2)C(=O)C(C)C)cc1. The van der Waals surface area contributed by atoms with Gasteiger partial charge in [0.05, 0.1) is 7.11 Å². The van der Waals surface area contributed by atoms with E-state index >= 15 is 0 Å². The Morgan fingerprint density at radius 2 is 1.39 bits per heavy atom. The largest absolute Gasteiger partial charge is 0.497 e. The molecule has 0 aromatic heterocycles. The molecule has 0 aliphatic carbocycles. The van der Waals surface area contributed by atoms with Gasteiger partial charge in [0.15, 0.2) is 0 Å². The molecule has 172 valence electrons. The molecule has 0 aliphatic rings. The number of carbonyl (C=O) groups is 2. The molecule has 3 aromatic rings. The summed E-state index contributed by atoms with van der Waals surface area (Å²) in [6.07, 6.45) is 0.445. The van der Waals surface area contributed by atoms with Gasteiger partial charge < -0.3 is 15.0 Å². The summed E-state index contributed by atoms with van der Waals surface area (Å²) < 4.78 is 5.20. The highest BCUT2D eigenvalue weighted by molar-refractivity contribution is 5.88. The first-order chi connectivity index (χ1) is 16.0. The first kappa shape index (κ1) is 24.1. The van der Waals surface area contributed by atoms with Crippen molar-refractivity contribution in [2.45, 2.75) is 39.4 Å². The number of benzene rings is 3. The summed E-state index contributed by atoms with van der Waals surface area (Å²) >= 11 is 0. The Kier molecular flexibility index (Phi) is 8.64. The number of nitrogens with zero attached hydrogens (tertiary/aromatic N) is 1. The summed E-state index contributed by atoms with van der Waals surface area (Å²) in [5.74, 6) is 0.337. The molecule has 0 spiro atoms. The van der Waals surface area contributed by atoms with Crippen LogP contribution in [0.25, 0.3) is 0 Å². The van der Waals surface area contributed by atoms with Gasteiger partial charge in [-0.15, -0.1) is 0 Å². The fourth-order valence-electron chi connectivity index (χ4n) is 3.69. The van der Waals surface area contributed by atoms with Crippen molar-refractivity contribution < 1.29 is 14.3 Å². The number of carbonyl (C=O) groups excluding carboxylic acids is 2. The Morgan fingerprint density at radius 1 is 0.818 bits per heavy atom. The van der Waals surface area contributed by atoms with Crippen molar-refractivity contribution in [1.29, 1.82) is 0 Å². The standard InChI is InChI=1S/C28H32N2O3/c1-21(2)28(32)30(20-24-12-8-5-9-13-24)26(18-22-10-6-4-7-11-22)27(31)29-19-23-14-16-25(33-3)17-15-23/h4-17,21,26H,18-20H2,1-3H3,(H,29,31). The molecule has 0 saturated carbocycles. The Morgan fingerprint density at radius 3 is 1.94 bits per heavy atom. The van der Waals surface area contributed by atoms with Crippen LogP contribution >= 0.6 is 0 Å². The zero-order valence-electron chi connectivity index (χ0n) is 19.5. The summed E-state index contributed by atoms with van der Waals surface area (Å²) in [6, 6.07) is 26.6. The molecule has 0 heterocycles. The molecule has 0 radical (unpaired) electrons. The van der Waals surface area contributed by atoms with Crippen molar-refractivity contribution in [2.75, 3.05) is 7.11 Å². The number of hydrogen-bond donors (Lipinski definition) is 1. The molecule has 1 N–H and O–H groups in total. The van der Waals surface area contributed by atoms with Gasteiger partial charge in [-0.25, -0.2) is 0 Å². The number of methoxy groups -OCH3 is 1. The topological polar surface area (TPSA) is 58.6 Å². The molecule has 0 aliphatic heterocycles. The molecule has 1 unspecified atom stereocenters. The molecule has 3 rings (SSSR count). The second-order valence-corrected chi connectivity index (χ2v) is 8.38. The lowest BCUT2D eigenvalue weighted by Gasteiger charge is -2.32. The Hall–Kier alpha value is -3.60. The number of rotatable bonds is 10. The van der Waals surface area contributed by atoms with Crippen LogP contribution in [0.5, 0.6) is 5.75 Å². The molecule has 3 aromatic carbocycles. The van der Waals surface area contributed by atoms with Gasteiger partial charge in [0, 0.05) is 25.4 Å². The van der Waals surface area contributed by atoms with E-state index in [0.29, 0.717) is 19.5 Å². The van der Waals surface area contributed by atoms with Crippen LogP contribution in [0.2, 0.25) is 0 Å². The monoisotopic (exact) mass is 444 g/mol. The maximum Gasteiger partial charge on any atom is 0.243 e. The quantitative estimate of drug-likeness (QED) is 0.497. The zero-order valence-corrected chi connectivity index (χ0v) is 19.5. The van der Waals surface area contributed by atoms with E-state index in [1.165, 1.54) is 0 Å². The first-order valence-corrected chi connectivity index (χ1v) is 11.3. The Balaban J connectivity index is 1.85. The maximum absolute atomic E-state index is 13.5. The van der Waals surface area contributed by atoms with Crippen LogP contribution in [0, 0.1) is 5.92 Å². The van der Waals surface area contributed by atoms with E-state index in [2.05, 4.69) is 5.32 Å². The van der Waals surface area contributed by atoms with Crippen molar-refractivity contribution in [1.82, 2.24) is 10.2 Å². The smallest absolute Gasteiger partial charge is 0.243 e. The second kappa shape index (κ2) is 11.9. The predicted molar refractivity (Wildman–Crippen MR) is 131 cm³/mol. The van der Waals surface area contributed by atoms with Gasteiger partial charge >= 0.3 is 0 Å². The average Bonchev–Trinajstić information content (AvgIpc) is 2.85. The summed E-state index contributed by atoms with van der Waals surface area (Å²) in [6.45, 7) is 4.50. The van der Waals surface area contributed by atoms with Crippen LogP contribution in [0.1, 0.15) is 30.5 Å². The van der Waals surface area contributed by atoms with E-state index in [4.69, 9.17) is 4.74 Å². The third-order valence-electron chi connectivity index (χ3n) is 5.55. The van der Waals surface area contributed by atoms with Gasteiger partial charge in [0.1, 0.15) is 11.8 Å². The third-order valence-corrected chi connectivity index (χ3v) is 5.55. The molecule has 1 atom stereocenters. The van der Waals surface area contributed by atoms with Gasteiger partial charge in [-0.2, -0.15) is 0 Å². The van der Waals surface area contributed by atoms with E-state index in [0.717, 1.165) is 22.4 Å². The number of hydrogen-bond acceptors (Lipinski definition) is 3. The van der Waals surface area contributed by atoms with Gasteiger partial charge in [-0.05, 0) is 28.8 Å². The minimum absolute atomic E-state index is 0.0422. The molecule has 2 amide bonds. The third kappa shape index (κ3) is 6.94. The molecule has 5 nitrogen and oxygen atoms in total. The maximum atomic E-state index is 13.5. The van der Waals surface area contributed by atoms with E-state index < -0.39 is 6.04 Å². The Labute approximate surface area is 196 Å². The fraction of sp³-hybridized carbons (Fsp3) is 0.286. The molecule has 0 bridgehead atoms. The van der Waals surface area contributed by atoms with Crippen molar-refractivity contribution >= 4 is 11.8 Å². The van der Waals surface area contributed by atoms with Gasteiger partial charge in [0.25, 0.3) is 0 Å². The number of amides is 2. The van der Waals surface area contributed by atoms with Crippen LogP contribution in [-0.2, 0) is 29.1 Å². The van der Waals surface area contributed by atoms with Crippen molar-refractivity contribution in [3.8, 4) is 5.75 Å². The highest BCUT2D eigenvalue weighted by Crippen LogP contribution is 2.18. The predicted octanol–water partition coefficient (Wildman–Crippen LogP) is 4.61. The zero-order chi connectivity index (χ0) is 23.6. The van der Waals surface area contributed by atoms with Crippen LogP contribution in [-0.4, -0.2) is 29.9 Å². The van der Waals surface area contributed by atoms with Crippen molar-refractivity contribution in [3.63, 3.8) is 0 Å². The molecule has 0 fully saturated rings.